The van der Waals surface area contributed by atoms with Crippen LogP contribution in [0.2, 0.25) is 0 Å². The fourth-order valence-corrected chi connectivity index (χ4v) is 3.34. The second kappa shape index (κ2) is 11.2. The first-order valence-corrected chi connectivity index (χ1v) is 9.88. The highest BCUT2D eigenvalue weighted by Crippen LogP contribution is 2.17. The second-order valence-electron chi connectivity index (χ2n) is 7.31. The van der Waals surface area contributed by atoms with E-state index in [0.29, 0.717) is 5.92 Å². The van der Waals surface area contributed by atoms with Crippen LogP contribution in [-0.4, -0.2) is 69.2 Å². The maximum absolute atomic E-state index is 5.18. The largest absolute Gasteiger partial charge is 0.383 e. The van der Waals surface area contributed by atoms with E-state index in [4.69, 9.17) is 9.73 Å². The number of hydrogen-bond acceptors (Lipinski definition) is 3. The fourth-order valence-electron chi connectivity index (χ4n) is 3.34. The molecular formula is C21H36N4O. The molecule has 1 aliphatic rings. The molecule has 146 valence electrons. The predicted octanol–water partition coefficient (Wildman–Crippen LogP) is 2.75. The first kappa shape index (κ1) is 20.7. The third-order valence-corrected chi connectivity index (χ3v) is 5.05. The van der Waals surface area contributed by atoms with Crippen LogP contribution in [0, 0.1) is 12.8 Å². The van der Waals surface area contributed by atoms with Gasteiger partial charge < -0.3 is 19.9 Å². The van der Waals surface area contributed by atoms with E-state index in [2.05, 4.69) is 60.3 Å². The topological polar surface area (TPSA) is 40.1 Å². The number of aliphatic imine (C=N–C) groups is 1. The number of benzene rings is 1. The molecule has 1 aliphatic heterocycles. The number of rotatable bonds is 8. The Kier molecular flexibility index (Phi) is 8.92. The van der Waals surface area contributed by atoms with Gasteiger partial charge in [-0.3, -0.25) is 4.99 Å². The minimum Gasteiger partial charge on any atom is -0.383 e. The van der Waals surface area contributed by atoms with Crippen LogP contribution in [0.25, 0.3) is 0 Å². The van der Waals surface area contributed by atoms with Crippen molar-refractivity contribution in [3.05, 3.63) is 35.4 Å². The summed E-state index contributed by atoms with van der Waals surface area (Å²) in [4.78, 5) is 9.65. The number of piperidine rings is 1. The molecule has 1 heterocycles. The molecule has 5 heteroatoms. The lowest BCUT2D eigenvalue weighted by atomic mass is 9.97. The zero-order valence-corrected chi connectivity index (χ0v) is 17.0. The van der Waals surface area contributed by atoms with Crippen LogP contribution in [0.5, 0.6) is 0 Å². The van der Waals surface area contributed by atoms with Gasteiger partial charge in [0.15, 0.2) is 5.96 Å². The highest BCUT2D eigenvalue weighted by Gasteiger charge is 2.19. The molecule has 0 atom stereocenters. The molecule has 0 spiro atoms. The number of likely N-dealkylation sites (tertiary alicyclic amines) is 1. The van der Waals surface area contributed by atoms with Gasteiger partial charge in [0.05, 0.1) is 6.61 Å². The quantitative estimate of drug-likeness (QED) is 0.572. The normalized spacial score (nSPS) is 16.7. The van der Waals surface area contributed by atoms with Gasteiger partial charge in [-0.25, -0.2) is 0 Å². The molecule has 0 bridgehead atoms. The summed E-state index contributed by atoms with van der Waals surface area (Å²) in [6.45, 7) is 11.2. The SMILES string of the molecule is CCNC(=NCC1CCN(CCOC)CC1)N(C)Cc1ccc(C)cc1. The van der Waals surface area contributed by atoms with E-state index in [1.54, 1.807) is 7.11 Å². The maximum Gasteiger partial charge on any atom is 0.193 e. The summed E-state index contributed by atoms with van der Waals surface area (Å²) < 4.78 is 5.18. The van der Waals surface area contributed by atoms with E-state index in [-0.39, 0.29) is 0 Å². The van der Waals surface area contributed by atoms with Crippen molar-refractivity contribution in [1.29, 1.82) is 0 Å². The molecule has 2 rings (SSSR count). The van der Waals surface area contributed by atoms with Gasteiger partial charge in [-0.1, -0.05) is 29.8 Å². The molecule has 1 aromatic carbocycles. The molecule has 0 radical (unpaired) electrons. The Morgan fingerprint density at radius 3 is 2.58 bits per heavy atom. The van der Waals surface area contributed by atoms with Gasteiger partial charge in [-0.2, -0.15) is 0 Å². The molecule has 26 heavy (non-hydrogen) atoms. The Hall–Kier alpha value is -1.59. The second-order valence-corrected chi connectivity index (χ2v) is 7.31. The lowest BCUT2D eigenvalue weighted by Crippen LogP contribution is -2.40. The van der Waals surface area contributed by atoms with Crippen LogP contribution < -0.4 is 5.32 Å². The number of aryl methyl sites for hydroxylation is 1. The monoisotopic (exact) mass is 360 g/mol. The van der Waals surface area contributed by atoms with Crippen molar-refractivity contribution < 1.29 is 4.74 Å². The van der Waals surface area contributed by atoms with E-state index < -0.39 is 0 Å². The van der Waals surface area contributed by atoms with Crippen molar-refractivity contribution in [3.63, 3.8) is 0 Å². The van der Waals surface area contributed by atoms with E-state index in [1.165, 1.54) is 37.1 Å². The van der Waals surface area contributed by atoms with Gasteiger partial charge >= 0.3 is 0 Å². The number of nitrogens with zero attached hydrogens (tertiary/aromatic N) is 3. The summed E-state index contributed by atoms with van der Waals surface area (Å²) >= 11 is 0. The van der Waals surface area contributed by atoms with Crippen molar-refractivity contribution in [2.75, 3.05) is 53.5 Å². The Balaban J connectivity index is 1.84. The van der Waals surface area contributed by atoms with Crippen LogP contribution in [0.15, 0.2) is 29.3 Å². The summed E-state index contributed by atoms with van der Waals surface area (Å²) in [5.74, 6) is 1.70. The molecule has 5 nitrogen and oxygen atoms in total. The van der Waals surface area contributed by atoms with E-state index >= 15 is 0 Å². The highest BCUT2D eigenvalue weighted by molar-refractivity contribution is 5.79. The van der Waals surface area contributed by atoms with Crippen LogP contribution in [0.4, 0.5) is 0 Å². The standard InChI is InChI=1S/C21H36N4O/c1-5-22-21(24(3)17-20-8-6-18(2)7-9-20)23-16-19-10-12-25(13-11-19)14-15-26-4/h6-9,19H,5,10-17H2,1-4H3,(H,22,23). The zero-order valence-electron chi connectivity index (χ0n) is 17.0. The minimum absolute atomic E-state index is 0.690. The van der Waals surface area contributed by atoms with Gasteiger partial charge in [-0.05, 0) is 51.3 Å². The van der Waals surface area contributed by atoms with Gasteiger partial charge in [0.2, 0.25) is 0 Å². The molecule has 0 saturated carbocycles. The van der Waals surface area contributed by atoms with Crippen LogP contribution in [0.3, 0.4) is 0 Å². The molecule has 1 saturated heterocycles. The van der Waals surface area contributed by atoms with Crippen molar-refractivity contribution in [2.24, 2.45) is 10.9 Å². The number of hydrogen-bond donors (Lipinski definition) is 1. The van der Waals surface area contributed by atoms with Crippen molar-refractivity contribution in [2.45, 2.75) is 33.2 Å². The van der Waals surface area contributed by atoms with Crippen molar-refractivity contribution in [1.82, 2.24) is 15.1 Å². The summed E-state index contributed by atoms with van der Waals surface area (Å²) in [5, 5.41) is 3.44. The van der Waals surface area contributed by atoms with Crippen LogP contribution in [-0.2, 0) is 11.3 Å². The molecule has 1 N–H and O–H groups in total. The number of ether oxygens (including phenoxy) is 1. The Bertz CT molecular complexity index is 535. The van der Waals surface area contributed by atoms with Crippen LogP contribution >= 0.6 is 0 Å². The minimum atomic E-state index is 0.690. The number of methoxy groups -OCH3 is 1. The summed E-state index contributed by atoms with van der Waals surface area (Å²) in [5.41, 5.74) is 2.61. The van der Waals surface area contributed by atoms with Gasteiger partial charge in [0.1, 0.15) is 0 Å². The van der Waals surface area contributed by atoms with Gasteiger partial charge in [0, 0.05) is 40.3 Å². The number of nitrogens with one attached hydrogen (secondary N) is 1. The van der Waals surface area contributed by atoms with E-state index in [9.17, 15) is 0 Å². The lowest BCUT2D eigenvalue weighted by Gasteiger charge is -2.31. The number of guanidine groups is 1. The highest BCUT2D eigenvalue weighted by atomic mass is 16.5. The zero-order chi connectivity index (χ0) is 18.8. The average molecular weight is 361 g/mol. The Labute approximate surface area is 159 Å². The van der Waals surface area contributed by atoms with E-state index in [0.717, 1.165) is 38.7 Å². The summed E-state index contributed by atoms with van der Waals surface area (Å²) in [6, 6.07) is 8.74. The smallest absolute Gasteiger partial charge is 0.193 e. The Morgan fingerprint density at radius 2 is 1.96 bits per heavy atom. The third kappa shape index (κ3) is 6.96. The first-order valence-electron chi connectivity index (χ1n) is 9.88. The molecule has 1 aromatic rings. The third-order valence-electron chi connectivity index (χ3n) is 5.05. The summed E-state index contributed by atoms with van der Waals surface area (Å²) in [6.07, 6.45) is 2.46. The fraction of sp³-hybridized carbons (Fsp3) is 0.667. The van der Waals surface area contributed by atoms with E-state index in [1.807, 2.05) is 0 Å². The van der Waals surface area contributed by atoms with Gasteiger partial charge in [0.25, 0.3) is 0 Å². The Morgan fingerprint density at radius 1 is 1.27 bits per heavy atom. The average Bonchev–Trinajstić information content (AvgIpc) is 2.66. The molecule has 0 amide bonds. The van der Waals surface area contributed by atoms with Crippen molar-refractivity contribution >= 4 is 5.96 Å². The lowest BCUT2D eigenvalue weighted by molar-refractivity contribution is 0.121. The summed E-state index contributed by atoms with van der Waals surface area (Å²) in [7, 11) is 3.89. The molecule has 0 unspecified atom stereocenters. The molecule has 0 aromatic heterocycles. The predicted molar refractivity (Wildman–Crippen MR) is 110 cm³/mol. The van der Waals surface area contributed by atoms with Crippen molar-refractivity contribution in [3.8, 4) is 0 Å². The molecule has 1 fully saturated rings. The first-order chi connectivity index (χ1) is 12.6. The maximum atomic E-state index is 5.18. The molecule has 0 aliphatic carbocycles. The molecular weight excluding hydrogens is 324 g/mol. The van der Waals surface area contributed by atoms with Gasteiger partial charge in [-0.15, -0.1) is 0 Å². The van der Waals surface area contributed by atoms with Crippen LogP contribution in [0.1, 0.15) is 30.9 Å².